The quantitative estimate of drug-likeness (QED) is 0.167. The van der Waals surface area contributed by atoms with Crippen LogP contribution in [0.3, 0.4) is 0 Å². The summed E-state index contributed by atoms with van der Waals surface area (Å²) in [6.07, 6.45) is 0.520. The number of rotatable bonds is 16. The van der Waals surface area contributed by atoms with Gasteiger partial charge in [0.25, 0.3) is 0 Å². The molecule has 0 aliphatic rings. The molecule has 0 atom stereocenters. The van der Waals surface area contributed by atoms with Crippen molar-refractivity contribution < 1.29 is 38.0 Å². The van der Waals surface area contributed by atoms with Gasteiger partial charge in [-0.3, -0.25) is 0 Å². The van der Waals surface area contributed by atoms with Gasteiger partial charge in [0, 0.05) is 23.4 Å². The monoisotopic (exact) mass is 523 g/mol. The third-order valence-corrected chi connectivity index (χ3v) is 5.22. The van der Waals surface area contributed by atoms with Gasteiger partial charge < -0.3 is 33.7 Å². The maximum Gasteiger partial charge on any atom is 0.412 e. The van der Waals surface area contributed by atoms with E-state index in [0.29, 0.717) is 44.5 Å². The smallest absolute Gasteiger partial charge is 0.412 e. The maximum atomic E-state index is 12.4. The summed E-state index contributed by atoms with van der Waals surface area (Å²) in [4.78, 5) is 23.3. The van der Waals surface area contributed by atoms with E-state index in [1.54, 1.807) is 0 Å². The van der Waals surface area contributed by atoms with Crippen molar-refractivity contribution in [2.45, 2.75) is 6.92 Å². The molecular formula is C29H33NO8. The van der Waals surface area contributed by atoms with Crippen molar-refractivity contribution >= 4 is 22.8 Å². The Morgan fingerprint density at radius 1 is 0.816 bits per heavy atom. The molecule has 0 bridgehead atoms. The second kappa shape index (κ2) is 15.9. The van der Waals surface area contributed by atoms with Gasteiger partial charge in [0.05, 0.1) is 26.4 Å². The summed E-state index contributed by atoms with van der Waals surface area (Å²) in [5.74, 6) is 1.46. The van der Waals surface area contributed by atoms with Gasteiger partial charge in [-0.05, 0) is 30.7 Å². The lowest BCUT2D eigenvalue weighted by atomic mass is 10.0. The lowest BCUT2D eigenvalue weighted by molar-refractivity contribution is -0.139. The van der Waals surface area contributed by atoms with E-state index in [9.17, 15) is 9.59 Å². The molecule has 9 nitrogen and oxygen atoms in total. The van der Waals surface area contributed by atoms with Crippen LogP contribution in [0.25, 0.3) is 10.8 Å². The fraction of sp³-hybridized carbons (Fsp3) is 0.310. The number of benzene rings is 3. The van der Waals surface area contributed by atoms with Gasteiger partial charge in [0.2, 0.25) is 0 Å². The van der Waals surface area contributed by atoms with Gasteiger partial charge in [0.15, 0.2) is 0 Å². The first-order valence-electron chi connectivity index (χ1n) is 12.3. The lowest BCUT2D eigenvalue weighted by Crippen LogP contribution is -2.30. The van der Waals surface area contributed by atoms with E-state index in [2.05, 4.69) is 11.9 Å². The van der Waals surface area contributed by atoms with Gasteiger partial charge in [-0.1, -0.05) is 49.0 Å². The Morgan fingerprint density at radius 3 is 2.24 bits per heavy atom. The second-order valence-electron chi connectivity index (χ2n) is 7.99. The minimum absolute atomic E-state index is 0.155. The van der Waals surface area contributed by atoms with Gasteiger partial charge in [-0.15, -0.1) is 0 Å². The molecule has 0 spiro atoms. The number of hydrogen-bond donors (Lipinski definition) is 1. The number of hydrogen-bond acceptors (Lipinski definition) is 8. The van der Waals surface area contributed by atoms with Gasteiger partial charge in [-0.25, -0.2) is 9.59 Å². The van der Waals surface area contributed by atoms with Crippen LogP contribution in [0.2, 0.25) is 0 Å². The highest BCUT2D eigenvalue weighted by Crippen LogP contribution is 2.36. The van der Waals surface area contributed by atoms with Crippen LogP contribution in [-0.4, -0.2) is 64.9 Å². The van der Waals surface area contributed by atoms with Crippen molar-refractivity contribution in [1.82, 2.24) is 5.32 Å². The predicted molar refractivity (Wildman–Crippen MR) is 143 cm³/mol. The highest BCUT2D eigenvalue weighted by molar-refractivity contribution is 5.95. The van der Waals surface area contributed by atoms with Crippen molar-refractivity contribution in [2.24, 2.45) is 0 Å². The average Bonchev–Trinajstić information content (AvgIpc) is 2.94. The number of para-hydroxylation sites is 1. The first-order chi connectivity index (χ1) is 18.6. The summed E-state index contributed by atoms with van der Waals surface area (Å²) < 4.78 is 32.8. The average molecular weight is 524 g/mol. The molecule has 3 aromatic rings. The molecule has 0 saturated carbocycles. The highest BCUT2D eigenvalue weighted by Gasteiger charge is 2.15. The topological polar surface area (TPSA) is 102 Å². The summed E-state index contributed by atoms with van der Waals surface area (Å²) in [5, 5.41) is 4.29. The first-order valence-corrected chi connectivity index (χ1v) is 12.3. The summed E-state index contributed by atoms with van der Waals surface area (Å²) in [6.45, 7) is 7.62. The van der Waals surface area contributed by atoms with Crippen molar-refractivity contribution in [1.29, 1.82) is 0 Å². The molecule has 0 radical (unpaired) electrons. The zero-order chi connectivity index (χ0) is 27.0. The Bertz CT molecular complexity index is 1180. The number of carbonyl (C=O) groups is 2. The van der Waals surface area contributed by atoms with Gasteiger partial charge >= 0.3 is 12.1 Å². The largest absolute Gasteiger partial charge is 0.490 e. The van der Waals surface area contributed by atoms with Crippen LogP contribution in [0.5, 0.6) is 17.2 Å². The van der Waals surface area contributed by atoms with Crippen molar-refractivity contribution in [3.8, 4) is 17.2 Å². The summed E-state index contributed by atoms with van der Waals surface area (Å²) >= 11 is 0. The molecule has 0 heterocycles. The van der Waals surface area contributed by atoms with Crippen LogP contribution < -0.4 is 19.5 Å². The normalized spacial score (nSPS) is 10.6. The van der Waals surface area contributed by atoms with Crippen molar-refractivity contribution in [3.63, 3.8) is 0 Å². The van der Waals surface area contributed by atoms with Crippen LogP contribution in [0, 0.1) is 6.92 Å². The molecule has 1 amide bonds. The number of carbonyl (C=O) groups excluding carboxylic acids is 2. The summed E-state index contributed by atoms with van der Waals surface area (Å²) in [5.41, 5.74) is 0.769. The Balaban J connectivity index is 1.41. The molecule has 0 unspecified atom stereocenters. The minimum Gasteiger partial charge on any atom is -0.490 e. The molecule has 0 aliphatic carbocycles. The van der Waals surface area contributed by atoms with Crippen LogP contribution in [0.4, 0.5) is 4.79 Å². The molecule has 202 valence electrons. The van der Waals surface area contributed by atoms with Crippen LogP contribution in [-0.2, 0) is 19.0 Å². The number of amides is 1. The molecular weight excluding hydrogens is 490 g/mol. The van der Waals surface area contributed by atoms with E-state index in [-0.39, 0.29) is 19.8 Å². The van der Waals surface area contributed by atoms with E-state index in [1.165, 1.54) is 0 Å². The SMILES string of the molecule is C=CC(=O)OCCOCCOCCNC(=O)Oc1c(C)cc(OCCOc2ccccc2)c2ccccc12. The molecule has 38 heavy (non-hydrogen) atoms. The van der Waals surface area contributed by atoms with E-state index in [0.717, 1.165) is 28.2 Å². The zero-order valence-corrected chi connectivity index (χ0v) is 21.5. The summed E-state index contributed by atoms with van der Waals surface area (Å²) in [6, 6.07) is 19.0. The Kier molecular flexibility index (Phi) is 11.9. The number of fused-ring (bicyclic) bond motifs is 1. The molecule has 0 aromatic heterocycles. The number of nitrogens with one attached hydrogen (secondary N) is 1. The first kappa shape index (κ1) is 28.5. The van der Waals surface area contributed by atoms with E-state index < -0.39 is 12.1 Å². The van der Waals surface area contributed by atoms with Crippen LogP contribution >= 0.6 is 0 Å². The van der Waals surface area contributed by atoms with E-state index in [1.807, 2.05) is 67.6 Å². The number of aryl methyl sites for hydroxylation is 1. The van der Waals surface area contributed by atoms with E-state index >= 15 is 0 Å². The van der Waals surface area contributed by atoms with Crippen LogP contribution in [0.15, 0.2) is 73.3 Å². The third kappa shape index (κ3) is 9.42. The Hall–Kier alpha value is -4.08. The molecule has 0 fully saturated rings. The van der Waals surface area contributed by atoms with Crippen molar-refractivity contribution in [3.05, 3.63) is 78.9 Å². The summed E-state index contributed by atoms with van der Waals surface area (Å²) in [7, 11) is 0. The van der Waals surface area contributed by atoms with Gasteiger partial charge in [-0.2, -0.15) is 0 Å². The number of esters is 1. The Labute approximate surface area is 222 Å². The van der Waals surface area contributed by atoms with E-state index in [4.69, 9.17) is 28.4 Å². The maximum absolute atomic E-state index is 12.4. The minimum atomic E-state index is -0.577. The van der Waals surface area contributed by atoms with Crippen molar-refractivity contribution in [2.75, 3.05) is 52.8 Å². The third-order valence-electron chi connectivity index (χ3n) is 5.22. The molecule has 0 aliphatic heterocycles. The fourth-order valence-electron chi connectivity index (χ4n) is 3.47. The molecule has 3 aromatic carbocycles. The second-order valence-corrected chi connectivity index (χ2v) is 7.99. The zero-order valence-electron chi connectivity index (χ0n) is 21.5. The Morgan fingerprint density at radius 2 is 1.47 bits per heavy atom. The van der Waals surface area contributed by atoms with Gasteiger partial charge in [0.1, 0.15) is 37.1 Å². The molecule has 0 saturated heterocycles. The molecule has 1 N–H and O–H groups in total. The lowest BCUT2D eigenvalue weighted by Gasteiger charge is -2.16. The molecule has 9 heteroatoms. The predicted octanol–water partition coefficient (Wildman–Crippen LogP) is 4.46. The van der Waals surface area contributed by atoms with Crippen LogP contribution in [0.1, 0.15) is 5.56 Å². The highest BCUT2D eigenvalue weighted by atomic mass is 16.6. The molecule has 3 rings (SSSR count). The number of ether oxygens (including phenoxy) is 6. The standard InChI is InChI=1S/C29H33NO8/c1-3-27(31)37-18-17-34-16-15-33-14-13-30-29(32)38-28-22(2)21-26(24-11-7-8-12-25(24)28)36-20-19-35-23-9-5-4-6-10-23/h3-12,21H,1,13-20H2,2H3,(H,30,32). The fourth-order valence-corrected chi connectivity index (χ4v) is 3.47.